The maximum atomic E-state index is 11.8. The number of amides is 2. The molecule has 0 fully saturated rings. The van der Waals surface area contributed by atoms with E-state index in [9.17, 15) is 4.79 Å². The first-order valence-electron chi connectivity index (χ1n) is 5.51. The van der Waals surface area contributed by atoms with E-state index in [4.69, 9.17) is 5.26 Å². The number of nitrogens with zero attached hydrogens (tertiary/aromatic N) is 1. The van der Waals surface area contributed by atoms with E-state index < -0.39 is 0 Å². The third-order valence-corrected chi connectivity index (χ3v) is 3.00. The zero-order valence-electron chi connectivity index (χ0n) is 9.85. The average molecular weight is 363 g/mol. The molecule has 0 spiro atoms. The summed E-state index contributed by atoms with van der Waals surface area (Å²) in [4.78, 5) is 11.8. The van der Waals surface area contributed by atoms with Crippen LogP contribution in [0.15, 0.2) is 48.5 Å². The number of urea groups is 1. The Balaban J connectivity index is 2.03. The molecule has 0 atom stereocenters. The summed E-state index contributed by atoms with van der Waals surface area (Å²) >= 11 is 2.18. The molecule has 2 amide bonds. The monoisotopic (exact) mass is 363 g/mol. The highest BCUT2D eigenvalue weighted by molar-refractivity contribution is 14.1. The molecule has 94 valence electrons. The summed E-state index contributed by atoms with van der Waals surface area (Å²) in [5.74, 6) is 0. The fraction of sp³-hybridized carbons (Fsp3) is 0. The van der Waals surface area contributed by atoms with E-state index >= 15 is 0 Å². The Morgan fingerprint density at radius 3 is 2.32 bits per heavy atom. The molecule has 2 N–H and O–H groups in total. The van der Waals surface area contributed by atoms with Crippen molar-refractivity contribution in [1.29, 1.82) is 5.26 Å². The zero-order chi connectivity index (χ0) is 13.7. The molecule has 5 heteroatoms. The van der Waals surface area contributed by atoms with Crippen LogP contribution in [0.4, 0.5) is 16.2 Å². The molecule has 0 aliphatic heterocycles. The number of nitrogens with one attached hydrogen (secondary N) is 2. The summed E-state index contributed by atoms with van der Waals surface area (Å²) in [6.07, 6.45) is 0. The van der Waals surface area contributed by atoms with Crippen molar-refractivity contribution in [3.05, 3.63) is 57.7 Å². The van der Waals surface area contributed by atoms with Gasteiger partial charge in [0.1, 0.15) is 0 Å². The van der Waals surface area contributed by atoms with Gasteiger partial charge in [-0.05, 0) is 59.0 Å². The highest BCUT2D eigenvalue weighted by atomic mass is 127. The third kappa shape index (κ3) is 3.96. The smallest absolute Gasteiger partial charge is 0.308 e. The fourth-order valence-corrected chi connectivity index (χ4v) is 2.07. The second kappa shape index (κ2) is 6.20. The van der Waals surface area contributed by atoms with Crippen molar-refractivity contribution in [2.75, 3.05) is 10.6 Å². The molecule has 0 unspecified atom stereocenters. The number of benzene rings is 2. The van der Waals surface area contributed by atoms with Crippen molar-refractivity contribution in [2.45, 2.75) is 0 Å². The molecular formula is C14H10IN3O. The molecule has 0 bridgehead atoms. The molecule has 2 aromatic rings. The van der Waals surface area contributed by atoms with Crippen LogP contribution in [0.3, 0.4) is 0 Å². The second-order valence-electron chi connectivity index (χ2n) is 3.78. The number of hydrogen-bond acceptors (Lipinski definition) is 2. The Labute approximate surface area is 124 Å². The molecule has 0 heterocycles. The second-order valence-corrected chi connectivity index (χ2v) is 5.03. The van der Waals surface area contributed by atoms with Crippen LogP contribution in [-0.2, 0) is 0 Å². The minimum absolute atomic E-state index is 0.336. The Hall–Kier alpha value is -2.07. The van der Waals surface area contributed by atoms with Gasteiger partial charge in [0, 0.05) is 14.9 Å². The van der Waals surface area contributed by atoms with Crippen LogP contribution in [0, 0.1) is 14.9 Å². The van der Waals surface area contributed by atoms with Gasteiger partial charge >= 0.3 is 6.03 Å². The van der Waals surface area contributed by atoms with Crippen LogP contribution >= 0.6 is 22.6 Å². The van der Waals surface area contributed by atoms with Gasteiger partial charge in [-0.2, -0.15) is 5.26 Å². The number of rotatable bonds is 2. The Morgan fingerprint density at radius 2 is 1.68 bits per heavy atom. The molecule has 4 nitrogen and oxygen atoms in total. The largest absolute Gasteiger partial charge is 0.323 e. The van der Waals surface area contributed by atoms with Gasteiger partial charge in [-0.25, -0.2) is 4.79 Å². The summed E-state index contributed by atoms with van der Waals surface area (Å²) in [5, 5.41) is 14.2. The lowest BCUT2D eigenvalue weighted by atomic mass is 10.2. The third-order valence-electron chi connectivity index (χ3n) is 2.33. The van der Waals surface area contributed by atoms with E-state index in [1.165, 1.54) is 0 Å². The standard InChI is InChI=1S/C14H10IN3O/c15-11-4-2-6-13(8-11)18-14(19)17-12-5-1-3-10(7-12)9-16/h1-8H,(H2,17,18,19). The van der Waals surface area contributed by atoms with Crippen LogP contribution in [-0.4, -0.2) is 6.03 Å². The van der Waals surface area contributed by atoms with E-state index in [0.717, 1.165) is 9.26 Å². The van der Waals surface area contributed by atoms with Crippen molar-refractivity contribution < 1.29 is 4.79 Å². The van der Waals surface area contributed by atoms with Gasteiger partial charge in [-0.15, -0.1) is 0 Å². The summed E-state index contributed by atoms with van der Waals surface area (Å²) in [6.45, 7) is 0. The maximum absolute atomic E-state index is 11.8. The summed E-state index contributed by atoms with van der Waals surface area (Å²) in [6, 6.07) is 15.9. The van der Waals surface area contributed by atoms with Crippen molar-refractivity contribution >= 4 is 40.0 Å². The first-order valence-corrected chi connectivity index (χ1v) is 6.59. The summed E-state index contributed by atoms with van der Waals surface area (Å²) in [5.41, 5.74) is 1.81. The molecule has 0 saturated heterocycles. The lowest BCUT2D eigenvalue weighted by molar-refractivity contribution is 0.262. The molecule has 0 radical (unpaired) electrons. The first kappa shape index (κ1) is 13.4. The topological polar surface area (TPSA) is 64.9 Å². The predicted molar refractivity (Wildman–Crippen MR) is 83.0 cm³/mol. The van der Waals surface area contributed by atoms with Crippen molar-refractivity contribution in [1.82, 2.24) is 0 Å². The molecule has 0 saturated carbocycles. The van der Waals surface area contributed by atoms with Crippen LogP contribution in [0.1, 0.15) is 5.56 Å². The number of carbonyl (C=O) groups excluding carboxylic acids is 1. The van der Waals surface area contributed by atoms with E-state index in [2.05, 4.69) is 33.2 Å². The van der Waals surface area contributed by atoms with Gasteiger partial charge in [0.2, 0.25) is 0 Å². The van der Waals surface area contributed by atoms with E-state index in [-0.39, 0.29) is 6.03 Å². The van der Waals surface area contributed by atoms with Gasteiger partial charge < -0.3 is 10.6 Å². The SMILES string of the molecule is N#Cc1cccc(NC(=O)Nc2cccc(I)c2)c1. The number of halogens is 1. The minimum atomic E-state index is -0.336. The summed E-state index contributed by atoms with van der Waals surface area (Å²) < 4.78 is 1.04. The van der Waals surface area contributed by atoms with Gasteiger partial charge in [0.05, 0.1) is 11.6 Å². The molecular weight excluding hydrogens is 353 g/mol. The number of carbonyl (C=O) groups is 1. The molecule has 0 aliphatic carbocycles. The normalized spacial score (nSPS) is 9.47. The fourth-order valence-electron chi connectivity index (χ4n) is 1.53. The zero-order valence-corrected chi connectivity index (χ0v) is 12.0. The predicted octanol–water partition coefficient (Wildman–Crippen LogP) is 3.81. The Kier molecular flexibility index (Phi) is 4.36. The Morgan fingerprint density at radius 1 is 1.05 bits per heavy atom. The lowest BCUT2D eigenvalue weighted by Crippen LogP contribution is -2.19. The Bertz CT molecular complexity index is 649. The van der Waals surface area contributed by atoms with Gasteiger partial charge in [0.15, 0.2) is 0 Å². The number of hydrogen-bond donors (Lipinski definition) is 2. The van der Waals surface area contributed by atoms with Crippen LogP contribution in [0.5, 0.6) is 0 Å². The molecule has 19 heavy (non-hydrogen) atoms. The molecule has 2 aromatic carbocycles. The molecule has 0 aliphatic rings. The van der Waals surface area contributed by atoms with Gasteiger partial charge in [-0.3, -0.25) is 0 Å². The molecule has 0 aromatic heterocycles. The van der Waals surface area contributed by atoms with Crippen molar-refractivity contribution in [2.24, 2.45) is 0 Å². The lowest BCUT2D eigenvalue weighted by Gasteiger charge is -2.08. The van der Waals surface area contributed by atoms with Crippen LogP contribution < -0.4 is 10.6 Å². The average Bonchev–Trinajstić information content (AvgIpc) is 2.38. The van der Waals surface area contributed by atoms with Gasteiger partial charge in [0.25, 0.3) is 0 Å². The number of nitriles is 1. The number of anilines is 2. The maximum Gasteiger partial charge on any atom is 0.323 e. The first-order chi connectivity index (χ1) is 9.17. The molecule has 2 rings (SSSR count). The summed E-state index contributed by atoms with van der Waals surface area (Å²) in [7, 11) is 0. The van der Waals surface area contributed by atoms with E-state index in [0.29, 0.717) is 11.3 Å². The van der Waals surface area contributed by atoms with Crippen LogP contribution in [0.2, 0.25) is 0 Å². The van der Waals surface area contributed by atoms with Crippen LogP contribution in [0.25, 0.3) is 0 Å². The van der Waals surface area contributed by atoms with E-state index in [1.54, 1.807) is 24.3 Å². The minimum Gasteiger partial charge on any atom is -0.308 e. The van der Waals surface area contributed by atoms with E-state index in [1.807, 2.05) is 30.3 Å². The quantitative estimate of drug-likeness (QED) is 0.797. The highest BCUT2D eigenvalue weighted by Crippen LogP contribution is 2.14. The van der Waals surface area contributed by atoms with Crippen molar-refractivity contribution in [3.63, 3.8) is 0 Å². The van der Waals surface area contributed by atoms with Gasteiger partial charge in [-0.1, -0.05) is 12.1 Å². The van der Waals surface area contributed by atoms with Crippen molar-refractivity contribution in [3.8, 4) is 6.07 Å². The highest BCUT2D eigenvalue weighted by Gasteiger charge is 2.03.